The fourth-order valence-corrected chi connectivity index (χ4v) is 3.84. The van der Waals surface area contributed by atoms with E-state index in [0.717, 1.165) is 17.1 Å². The van der Waals surface area contributed by atoms with Gasteiger partial charge in [0.15, 0.2) is 5.21 Å². The summed E-state index contributed by atoms with van der Waals surface area (Å²) in [6.07, 6.45) is 0. The number of thioether (sulfide) groups is 1. The first-order valence-electron chi connectivity index (χ1n) is 7.79. The first-order chi connectivity index (χ1) is 11.8. The van der Waals surface area contributed by atoms with Gasteiger partial charge in [-0.25, -0.2) is 0 Å². The largest absolute Gasteiger partial charge is 1.00 e. The molecule has 0 bridgehead atoms. The predicted molar refractivity (Wildman–Crippen MR) is 95.1 cm³/mol. The molecule has 0 radical (unpaired) electrons. The summed E-state index contributed by atoms with van der Waals surface area (Å²) >= 11 is 1.76. The zero-order valence-electron chi connectivity index (χ0n) is 14.0. The number of aromatic nitrogens is 4. The lowest BCUT2D eigenvalue weighted by Gasteiger charge is -2.22. The third-order valence-corrected chi connectivity index (χ3v) is 5.36. The fourth-order valence-electron chi connectivity index (χ4n) is 2.71. The molecule has 1 aliphatic rings. The van der Waals surface area contributed by atoms with Gasteiger partial charge in [-0.1, -0.05) is 48.2 Å². The molecule has 1 aliphatic heterocycles. The summed E-state index contributed by atoms with van der Waals surface area (Å²) in [4.78, 5) is 4.11. The molecule has 2 heterocycles. The second-order valence-corrected chi connectivity index (χ2v) is 6.61. The van der Waals surface area contributed by atoms with E-state index >= 15 is 0 Å². The number of para-hydroxylation sites is 1. The zero-order chi connectivity index (χ0) is 16.5. The maximum absolute atomic E-state index is 4.48. The summed E-state index contributed by atoms with van der Waals surface area (Å²) in [7, 11) is 2.10. The smallest absolute Gasteiger partial charge is 0.335 e. The van der Waals surface area contributed by atoms with Gasteiger partial charge in [-0.2, -0.15) is 0 Å². The topological polar surface area (TPSA) is 37.8 Å². The van der Waals surface area contributed by atoms with Gasteiger partial charge in [-0.15, -0.1) is 4.68 Å². The van der Waals surface area contributed by atoms with E-state index in [2.05, 4.69) is 51.4 Å². The lowest BCUT2D eigenvalue weighted by Crippen LogP contribution is -3.00. The molecule has 5 nitrogen and oxygen atoms in total. The summed E-state index contributed by atoms with van der Waals surface area (Å²) in [5.41, 5.74) is 3.36. The van der Waals surface area contributed by atoms with Crippen LogP contribution < -0.4 is 21.7 Å². The summed E-state index contributed by atoms with van der Waals surface area (Å²) < 4.78 is 2.14. The van der Waals surface area contributed by atoms with E-state index < -0.39 is 0 Å². The molecule has 1 unspecified atom stereocenters. The van der Waals surface area contributed by atoms with Crippen molar-refractivity contribution < 1.29 is 21.7 Å². The van der Waals surface area contributed by atoms with Gasteiger partial charge < -0.3 is 21.9 Å². The molecule has 0 spiro atoms. The maximum Gasteiger partial charge on any atom is 0.335 e. The van der Waals surface area contributed by atoms with Crippen LogP contribution in [0, 0.1) is 0 Å². The number of allylic oxidation sites excluding steroid dienone is 1. The lowest BCUT2D eigenvalue weighted by atomic mass is 10.2. The summed E-state index contributed by atoms with van der Waals surface area (Å²) in [6.45, 7) is 2.12. The van der Waals surface area contributed by atoms with Crippen molar-refractivity contribution in [2.24, 2.45) is 0 Å². The van der Waals surface area contributed by atoms with E-state index in [1.165, 1.54) is 5.70 Å². The molecule has 2 aromatic carbocycles. The monoisotopic (exact) mass is 415 g/mol. The molecule has 0 fully saturated rings. The highest BCUT2D eigenvalue weighted by Crippen LogP contribution is 2.34. The van der Waals surface area contributed by atoms with Crippen LogP contribution in [0.2, 0.25) is 0 Å². The van der Waals surface area contributed by atoms with Crippen molar-refractivity contribution in [2.45, 2.75) is 12.4 Å². The quantitative estimate of drug-likeness (QED) is 0.573. The van der Waals surface area contributed by atoms with Gasteiger partial charge in [-0.3, -0.25) is 0 Å². The van der Waals surface area contributed by atoms with E-state index in [1.807, 2.05) is 53.3 Å². The molecule has 25 heavy (non-hydrogen) atoms. The van der Waals surface area contributed by atoms with Gasteiger partial charge in [0.25, 0.3) is 0 Å². The van der Waals surface area contributed by atoms with Crippen molar-refractivity contribution in [3.05, 3.63) is 71.8 Å². The predicted octanol–water partition coefficient (Wildman–Crippen LogP) is 0.222. The molecule has 0 N–H and O–H groups in total. The minimum atomic E-state index is 0. The molecule has 0 aliphatic carbocycles. The zero-order valence-corrected chi connectivity index (χ0v) is 16.4. The van der Waals surface area contributed by atoms with Crippen LogP contribution in [0.5, 0.6) is 0 Å². The highest BCUT2D eigenvalue weighted by Gasteiger charge is 2.35. The Bertz CT molecular complexity index is 822. The van der Waals surface area contributed by atoms with Gasteiger partial charge in [0.2, 0.25) is 5.50 Å². The average molecular weight is 416 g/mol. The van der Waals surface area contributed by atoms with E-state index in [9.17, 15) is 0 Å². The van der Waals surface area contributed by atoms with Gasteiger partial charge in [0, 0.05) is 12.7 Å². The van der Waals surface area contributed by atoms with Gasteiger partial charge in [-0.05, 0) is 41.4 Å². The molecule has 0 amide bonds. The lowest BCUT2D eigenvalue weighted by molar-refractivity contribution is -0.778. The number of rotatable bonds is 3. The van der Waals surface area contributed by atoms with Gasteiger partial charge in [0.1, 0.15) is 10.8 Å². The Hall–Kier alpha value is -2.12. The molecule has 0 saturated heterocycles. The third-order valence-electron chi connectivity index (χ3n) is 4.12. The van der Waals surface area contributed by atoms with Crippen LogP contribution in [-0.4, -0.2) is 27.1 Å². The second kappa shape index (κ2) is 7.41. The van der Waals surface area contributed by atoms with Crippen molar-refractivity contribution in [1.29, 1.82) is 0 Å². The van der Waals surface area contributed by atoms with Crippen molar-refractivity contribution >= 4 is 11.8 Å². The number of nitrogens with zero attached hydrogens (tertiary/aromatic N) is 5. The van der Waals surface area contributed by atoms with Crippen molar-refractivity contribution in [1.82, 2.24) is 20.0 Å². The Balaban J connectivity index is 0.00000182. The van der Waals surface area contributed by atoms with Gasteiger partial charge in [0.05, 0.1) is 5.56 Å². The molecule has 128 valence electrons. The van der Waals surface area contributed by atoms with E-state index in [-0.39, 0.29) is 22.5 Å². The van der Waals surface area contributed by atoms with Crippen LogP contribution in [0.15, 0.2) is 71.8 Å². The summed E-state index contributed by atoms with van der Waals surface area (Å²) in [5, 5.41) is 11.1. The Morgan fingerprint density at radius 1 is 1.00 bits per heavy atom. The number of hydrogen-bond donors (Lipinski definition) is 0. The van der Waals surface area contributed by atoms with Crippen LogP contribution in [0.25, 0.3) is 17.1 Å². The molecular weight excluding hydrogens is 398 g/mol. The minimum Gasteiger partial charge on any atom is -1.00 e. The molecular formula is C18H18BrN5S. The molecule has 4 rings (SSSR count). The van der Waals surface area contributed by atoms with Crippen LogP contribution in [0.1, 0.15) is 12.4 Å². The van der Waals surface area contributed by atoms with E-state index in [1.54, 1.807) is 11.8 Å². The molecule has 3 aromatic rings. The standard InChI is InChI=1S/C18H18N5S.BrH/c1-14-13-24-18(21(14)2)22-17(15-9-5-3-6-10-15)19-20-23(22)16-11-7-4-8-12-16;/h3-13,18H,1-2H3;1H/q+1;/p-1. The average Bonchev–Trinajstić information content (AvgIpc) is 3.21. The minimum absolute atomic E-state index is 0. The third kappa shape index (κ3) is 3.21. The molecule has 1 aromatic heterocycles. The Morgan fingerprint density at radius 3 is 2.24 bits per heavy atom. The number of benzene rings is 2. The normalized spacial score (nSPS) is 16.5. The second-order valence-electron chi connectivity index (χ2n) is 5.68. The first-order valence-corrected chi connectivity index (χ1v) is 8.73. The van der Waals surface area contributed by atoms with Crippen molar-refractivity contribution in [3.8, 4) is 17.1 Å². The van der Waals surface area contributed by atoms with Crippen molar-refractivity contribution in [2.75, 3.05) is 7.05 Å². The summed E-state index contributed by atoms with van der Waals surface area (Å²) in [5.74, 6) is 0.854. The van der Waals surface area contributed by atoms with E-state index in [0.29, 0.717) is 0 Å². The fraction of sp³-hybridized carbons (Fsp3) is 0.167. The highest BCUT2D eigenvalue weighted by molar-refractivity contribution is 8.02. The Kier molecular flexibility index (Phi) is 5.24. The van der Waals surface area contributed by atoms with Crippen LogP contribution in [-0.2, 0) is 0 Å². The maximum atomic E-state index is 4.48. The van der Waals surface area contributed by atoms with Crippen LogP contribution >= 0.6 is 11.8 Å². The SMILES string of the molecule is CC1=CSC([n+]2c(-c3ccccc3)nnn2-c2ccccc2)N1C.[Br-]. The Labute approximate surface area is 161 Å². The number of tetrazole rings is 1. The Morgan fingerprint density at radius 2 is 1.64 bits per heavy atom. The van der Waals surface area contributed by atoms with Crippen molar-refractivity contribution in [3.63, 3.8) is 0 Å². The number of halogens is 1. The molecule has 1 atom stereocenters. The van der Waals surface area contributed by atoms with E-state index in [4.69, 9.17) is 0 Å². The van der Waals surface area contributed by atoms with Gasteiger partial charge >= 0.3 is 5.82 Å². The molecule has 0 saturated carbocycles. The number of hydrogen-bond acceptors (Lipinski definition) is 4. The first kappa shape index (κ1) is 17.7. The highest BCUT2D eigenvalue weighted by atomic mass is 79.9. The molecule has 7 heteroatoms. The van der Waals surface area contributed by atoms with Crippen LogP contribution in [0.3, 0.4) is 0 Å². The summed E-state index contributed by atoms with van der Waals surface area (Å²) in [6, 6.07) is 20.3. The van der Waals surface area contributed by atoms with Crippen LogP contribution in [0.4, 0.5) is 0 Å².